The van der Waals surface area contributed by atoms with Gasteiger partial charge in [-0.1, -0.05) is 0 Å². The quantitative estimate of drug-likeness (QED) is 0.467. The van der Waals surface area contributed by atoms with Gasteiger partial charge in [-0.05, 0) is 28.9 Å². The van der Waals surface area contributed by atoms with Crippen molar-refractivity contribution in [2.75, 3.05) is 0 Å². The number of benzene rings is 1. The van der Waals surface area contributed by atoms with Crippen LogP contribution >= 0.6 is 15.9 Å². The largest absolute Gasteiger partial charge is 0.305 e. The Hall–Kier alpha value is -1.30. The maximum absolute atomic E-state index is 13.0. The Balaban J connectivity index is 3.38. The smallest absolute Gasteiger partial charge is 0.294 e. The SMILES string of the molecule is CC(=O)c1cc(F)c([N+](=O)[O-])cc1Br. The number of Topliss-reactive ketones (excluding diaryl/α,β-unsaturated/α-hetero) is 1. The molecule has 0 amide bonds. The van der Waals surface area contributed by atoms with Crippen molar-refractivity contribution in [2.45, 2.75) is 6.92 Å². The van der Waals surface area contributed by atoms with Gasteiger partial charge in [0, 0.05) is 16.1 Å². The van der Waals surface area contributed by atoms with Crippen LogP contribution in [0.5, 0.6) is 0 Å². The number of carbonyl (C=O) groups excluding carboxylic acids is 1. The zero-order valence-corrected chi connectivity index (χ0v) is 8.67. The number of halogens is 2. The highest BCUT2D eigenvalue weighted by Crippen LogP contribution is 2.26. The van der Waals surface area contributed by atoms with E-state index in [4.69, 9.17) is 0 Å². The third kappa shape index (κ3) is 1.95. The summed E-state index contributed by atoms with van der Waals surface area (Å²) in [6, 6.07) is 1.83. The summed E-state index contributed by atoms with van der Waals surface area (Å²) in [7, 11) is 0. The van der Waals surface area contributed by atoms with Crippen LogP contribution in [0.1, 0.15) is 17.3 Å². The van der Waals surface area contributed by atoms with Crippen molar-refractivity contribution in [3.63, 3.8) is 0 Å². The molecule has 1 aromatic rings. The molecule has 0 aromatic heterocycles. The Morgan fingerprint density at radius 3 is 2.57 bits per heavy atom. The minimum absolute atomic E-state index is 0.0908. The topological polar surface area (TPSA) is 60.2 Å². The van der Waals surface area contributed by atoms with Crippen LogP contribution < -0.4 is 0 Å². The fraction of sp³-hybridized carbons (Fsp3) is 0.125. The molecule has 0 N–H and O–H groups in total. The summed E-state index contributed by atoms with van der Waals surface area (Å²) in [4.78, 5) is 20.4. The van der Waals surface area contributed by atoms with Crippen LogP contribution in [0.3, 0.4) is 0 Å². The van der Waals surface area contributed by atoms with Crippen molar-refractivity contribution >= 4 is 27.4 Å². The second-order valence-corrected chi connectivity index (χ2v) is 3.45. The second kappa shape index (κ2) is 3.83. The molecular weight excluding hydrogens is 257 g/mol. The lowest BCUT2D eigenvalue weighted by Gasteiger charge is -2.00. The Morgan fingerprint density at radius 1 is 1.57 bits per heavy atom. The lowest BCUT2D eigenvalue weighted by Crippen LogP contribution is -1.99. The summed E-state index contributed by atoms with van der Waals surface area (Å²) in [5.41, 5.74) is -0.560. The van der Waals surface area contributed by atoms with Crippen LogP contribution in [0.2, 0.25) is 0 Å². The third-order valence-electron chi connectivity index (χ3n) is 1.61. The van der Waals surface area contributed by atoms with Crippen LogP contribution in [-0.4, -0.2) is 10.7 Å². The van der Waals surface area contributed by atoms with E-state index in [2.05, 4.69) is 15.9 Å². The van der Waals surface area contributed by atoms with Crippen molar-refractivity contribution in [2.24, 2.45) is 0 Å². The Bertz CT molecular complexity index is 380. The zero-order chi connectivity index (χ0) is 10.9. The first-order valence-corrected chi connectivity index (χ1v) is 4.37. The molecule has 74 valence electrons. The second-order valence-electron chi connectivity index (χ2n) is 2.60. The van der Waals surface area contributed by atoms with Crippen molar-refractivity contribution in [1.29, 1.82) is 0 Å². The molecule has 0 spiro atoms. The number of nitro benzene ring substituents is 1. The Morgan fingerprint density at radius 2 is 2.14 bits per heavy atom. The normalized spacial score (nSPS) is 9.93. The number of nitrogens with zero attached hydrogens (tertiary/aromatic N) is 1. The van der Waals surface area contributed by atoms with Gasteiger partial charge in [-0.2, -0.15) is 4.39 Å². The average Bonchev–Trinajstić information content (AvgIpc) is 2.07. The van der Waals surface area contributed by atoms with E-state index >= 15 is 0 Å². The minimum atomic E-state index is -1.01. The molecule has 0 aliphatic carbocycles. The molecule has 0 aliphatic rings. The van der Waals surface area contributed by atoms with E-state index < -0.39 is 16.4 Å². The Labute approximate surface area is 87.0 Å². The fourth-order valence-electron chi connectivity index (χ4n) is 0.946. The number of ketones is 1. The number of carbonyl (C=O) groups is 1. The molecule has 0 atom stereocenters. The van der Waals surface area contributed by atoms with E-state index in [9.17, 15) is 19.3 Å². The van der Waals surface area contributed by atoms with Crippen LogP contribution in [0.15, 0.2) is 16.6 Å². The highest BCUT2D eigenvalue weighted by molar-refractivity contribution is 9.10. The lowest BCUT2D eigenvalue weighted by molar-refractivity contribution is -0.387. The van der Waals surface area contributed by atoms with E-state index in [-0.39, 0.29) is 15.8 Å². The standard InChI is InChI=1S/C8H5BrFNO3/c1-4(12)5-2-7(10)8(11(13)14)3-6(5)9/h2-3H,1H3. The van der Waals surface area contributed by atoms with E-state index in [1.165, 1.54) is 6.92 Å². The molecule has 0 bridgehead atoms. The first-order chi connectivity index (χ1) is 6.43. The van der Waals surface area contributed by atoms with Gasteiger partial charge in [-0.15, -0.1) is 0 Å². The maximum Gasteiger partial charge on any atom is 0.305 e. The van der Waals surface area contributed by atoms with Crippen LogP contribution in [0.4, 0.5) is 10.1 Å². The monoisotopic (exact) mass is 261 g/mol. The highest BCUT2D eigenvalue weighted by Gasteiger charge is 2.18. The maximum atomic E-state index is 13.0. The lowest BCUT2D eigenvalue weighted by atomic mass is 10.1. The molecule has 0 saturated heterocycles. The first-order valence-electron chi connectivity index (χ1n) is 3.58. The molecule has 6 heteroatoms. The van der Waals surface area contributed by atoms with Crippen molar-refractivity contribution in [3.8, 4) is 0 Å². The number of hydrogen-bond donors (Lipinski definition) is 0. The average molecular weight is 262 g/mol. The van der Waals surface area contributed by atoms with Gasteiger partial charge in [-0.3, -0.25) is 14.9 Å². The van der Waals surface area contributed by atoms with Gasteiger partial charge in [0.2, 0.25) is 5.82 Å². The molecule has 0 fully saturated rings. The van der Waals surface area contributed by atoms with E-state index in [0.717, 1.165) is 12.1 Å². The van der Waals surface area contributed by atoms with Crippen molar-refractivity contribution < 1.29 is 14.1 Å². The van der Waals surface area contributed by atoms with Crippen LogP contribution in [0, 0.1) is 15.9 Å². The zero-order valence-electron chi connectivity index (χ0n) is 7.08. The summed E-state index contributed by atoms with van der Waals surface area (Å²) >= 11 is 2.96. The van der Waals surface area contributed by atoms with Gasteiger partial charge < -0.3 is 0 Å². The summed E-state index contributed by atoms with van der Waals surface area (Å²) in [5.74, 6) is -1.37. The summed E-state index contributed by atoms with van der Waals surface area (Å²) in [5, 5.41) is 10.3. The van der Waals surface area contributed by atoms with Gasteiger partial charge in [-0.25, -0.2) is 0 Å². The molecule has 1 rings (SSSR count). The number of nitro groups is 1. The van der Waals surface area contributed by atoms with E-state index in [1.54, 1.807) is 0 Å². The Kier molecular flexibility index (Phi) is 2.95. The highest BCUT2D eigenvalue weighted by atomic mass is 79.9. The number of rotatable bonds is 2. The summed E-state index contributed by atoms with van der Waals surface area (Å²) in [6.45, 7) is 1.26. The predicted molar refractivity (Wildman–Crippen MR) is 50.8 cm³/mol. The van der Waals surface area contributed by atoms with Gasteiger partial charge in [0.1, 0.15) is 0 Å². The molecular formula is C8H5BrFNO3. The molecule has 0 unspecified atom stereocenters. The van der Waals surface area contributed by atoms with Crippen molar-refractivity contribution in [1.82, 2.24) is 0 Å². The molecule has 0 saturated carbocycles. The van der Waals surface area contributed by atoms with Gasteiger partial charge in [0.15, 0.2) is 5.78 Å². The molecule has 0 radical (unpaired) electrons. The molecule has 0 aliphatic heterocycles. The summed E-state index contributed by atoms with van der Waals surface area (Å²) < 4.78 is 13.2. The van der Waals surface area contributed by atoms with Gasteiger partial charge >= 0.3 is 5.69 Å². The fourth-order valence-corrected chi connectivity index (χ4v) is 1.56. The molecule has 1 aromatic carbocycles. The van der Waals surface area contributed by atoms with Crippen LogP contribution in [0.25, 0.3) is 0 Å². The third-order valence-corrected chi connectivity index (χ3v) is 2.27. The van der Waals surface area contributed by atoms with Crippen LogP contribution in [-0.2, 0) is 0 Å². The van der Waals surface area contributed by atoms with Gasteiger partial charge in [0.25, 0.3) is 0 Å². The molecule has 14 heavy (non-hydrogen) atoms. The van der Waals surface area contributed by atoms with E-state index in [0.29, 0.717) is 0 Å². The summed E-state index contributed by atoms with van der Waals surface area (Å²) in [6.07, 6.45) is 0. The first kappa shape index (κ1) is 10.8. The molecule has 0 heterocycles. The van der Waals surface area contributed by atoms with E-state index in [1.807, 2.05) is 0 Å². The predicted octanol–water partition coefficient (Wildman–Crippen LogP) is 2.70. The minimum Gasteiger partial charge on any atom is -0.294 e. The van der Waals surface area contributed by atoms with Crippen molar-refractivity contribution in [3.05, 3.63) is 38.1 Å². The number of hydrogen-bond acceptors (Lipinski definition) is 3. The van der Waals surface area contributed by atoms with Gasteiger partial charge in [0.05, 0.1) is 4.92 Å². The molecule has 4 nitrogen and oxygen atoms in total.